The van der Waals surface area contributed by atoms with Gasteiger partial charge in [-0.3, -0.25) is 4.79 Å². The SMILES string of the molecule is C=C(C)C(=O)OCCCCCC(=O)Nc1ccccc1-c1ccccc1. The van der Waals surface area contributed by atoms with Gasteiger partial charge in [0.25, 0.3) is 0 Å². The standard InChI is InChI=1S/C22H25NO3/c1-17(2)22(25)26-16-10-4-7-15-21(24)23-20-14-9-8-13-19(20)18-11-5-3-6-12-18/h3,5-6,8-9,11-14H,1,4,7,10,15-16H2,2H3,(H,23,24). The first-order valence-corrected chi connectivity index (χ1v) is 8.85. The van der Waals surface area contributed by atoms with Crippen LogP contribution in [0.25, 0.3) is 11.1 Å². The maximum Gasteiger partial charge on any atom is 0.333 e. The number of ether oxygens (including phenoxy) is 1. The highest BCUT2D eigenvalue weighted by Crippen LogP contribution is 2.27. The minimum atomic E-state index is -0.361. The molecule has 0 aliphatic carbocycles. The molecule has 4 heteroatoms. The zero-order valence-electron chi connectivity index (χ0n) is 15.2. The summed E-state index contributed by atoms with van der Waals surface area (Å²) in [5.74, 6) is -0.368. The molecule has 0 saturated carbocycles. The van der Waals surface area contributed by atoms with Crippen LogP contribution in [0.3, 0.4) is 0 Å². The lowest BCUT2D eigenvalue weighted by molar-refractivity contribution is -0.139. The molecule has 0 bridgehead atoms. The highest BCUT2D eigenvalue weighted by atomic mass is 16.5. The van der Waals surface area contributed by atoms with Crippen LogP contribution in [0.15, 0.2) is 66.7 Å². The number of amides is 1. The zero-order chi connectivity index (χ0) is 18.8. The molecular formula is C22H25NO3. The van der Waals surface area contributed by atoms with E-state index in [4.69, 9.17) is 4.74 Å². The van der Waals surface area contributed by atoms with E-state index in [1.165, 1.54) is 0 Å². The van der Waals surface area contributed by atoms with Gasteiger partial charge in [0.15, 0.2) is 0 Å². The van der Waals surface area contributed by atoms with Crippen molar-refractivity contribution < 1.29 is 14.3 Å². The largest absolute Gasteiger partial charge is 0.462 e. The molecule has 2 aromatic rings. The Balaban J connectivity index is 1.77. The monoisotopic (exact) mass is 351 g/mol. The fraction of sp³-hybridized carbons (Fsp3) is 0.273. The van der Waals surface area contributed by atoms with E-state index in [9.17, 15) is 9.59 Å². The van der Waals surface area contributed by atoms with E-state index in [2.05, 4.69) is 11.9 Å². The predicted octanol–water partition coefficient (Wildman–Crippen LogP) is 4.97. The first kappa shape index (κ1) is 19.4. The fourth-order valence-corrected chi connectivity index (χ4v) is 2.53. The van der Waals surface area contributed by atoms with Gasteiger partial charge in [-0.05, 0) is 37.8 Å². The Hall–Kier alpha value is -2.88. The van der Waals surface area contributed by atoms with Crippen molar-refractivity contribution in [1.29, 1.82) is 0 Å². The van der Waals surface area contributed by atoms with Gasteiger partial charge in [-0.15, -0.1) is 0 Å². The number of nitrogens with one attached hydrogen (secondary N) is 1. The number of unbranched alkanes of at least 4 members (excludes halogenated alkanes) is 2. The summed E-state index contributed by atoms with van der Waals surface area (Å²) in [4.78, 5) is 23.5. The van der Waals surface area contributed by atoms with Crippen LogP contribution in [0.2, 0.25) is 0 Å². The highest BCUT2D eigenvalue weighted by Gasteiger charge is 2.08. The van der Waals surface area contributed by atoms with Crippen LogP contribution in [0, 0.1) is 0 Å². The van der Waals surface area contributed by atoms with Crippen molar-refractivity contribution in [2.75, 3.05) is 11.9 Å². The molecule has 0 unspecified atom stereocenters. The van der Waals surface area contributed by atoms with Gasteiger partial charge in [0.1, 0.15) is 0 Å². The van der Waals surface area contributed by atoms with E-state index < -0.39 is 0 Å². The molecule has 4 nitrogen and oxygen atoms in total. The van der Waals surface area contributed by atoms with Crippen LogP contribution in [-0.4, -0.2) is 18.5 Å². The summed E-state index contributed by atoms with van der Waals surface area (Å²) < 4.78 is 5.03. The third-order valence-electron chi connectivity index (χ3n) is 3.92. The lowest BCUT2D eigenvalue weighted by atomic mass is 10.0. The maximum atomic E-state index is 12.2. The molecule has 1 N–H and O–H groups in total. The van der Waals surface area contributed by atoms with Gasteiger partial charge in [0.2, 0.25) is 5.91 Å². The molecule has 136 valence electrons. The molecule has 2 rings (SSSR count). The van der Waals surface area contributed by atoms with Gasteiger partial charge >= 0.3 is 5.97 Å². The molecule has 0 aliphatic heterocycles. The summed E-state index contributed by atoms with van der Waals surface area (Å²) in [5, 5.41) is 3.00. The van der Waals surface area contributed by atoms with Crippen LogP contribution in [-0.2, 0) is 14.3 Å². The second-order valence-corrected chi connectivity index (χ2v) is 6.19. The van der Waals surface area contributed by atoms with E-state index in [1.807, 2.05) is 54.6 Å². The Kier molecular flexibility index (Phi) is 7.62. The number of carbonyl (C=O) groups excluding carboxylic acids is 2. The Morgan fingerprint density at radius 2 is 1.65 bits per heavy atom. The molecule has 2 aromatic carbocycles. The van der Waals surface area contributed by atoms with Crippen molar-refractivity contribution >= 4 is 17.6 Å². The first-order valence-electron chi connectivity index (χ1n) is 8.85. The molecule has 0 heterocycles. The van der Waals surface area contributed by atoms with Gasteiger partial charge in [-0.25, -0.2) is 4.79 Å². The van der Waals surface area contributed by atoms with Gasteiger partial charge in [-0.1, -0.05) is 55.1 Å². The quantitative estimate of drug-likeness (QED) is 0.394. The average Bonchev–Trinajstić information content (AvgIpc) is 2.65. The Bertz CT molecular complexity index is 753. The molecule has 0 fully saturated rings. The topological polar surface area (TPSA) is 55.4 Å². The van der Waals surface area contributed by atoms with E-state index in [1.54, 1.807) is 6.92 Å². The molecule has 0 aliphatic rings. The van der Waals surface area contributed by atoms with Gasteiger partial charge in [0, 0.05) is 23.2 Å². The summed E-state index contributed by atoms with van der Waals surface area (Å²) >= 11 is 0. The normalized spacial score (nSPS) is 10.2. The van der Waals surface area contributed by atoms with Gasteiger partial charge < -0.3 is 10.1 Å². The fourth-order valence-electron chi connectivity index (χ4n) is 2.53. The number of esters is 1. The number of anilines is 1. The van der Waals surface area contributed by atoms with Crippen molar-refractivity contribution in [3.63, 3.8) is 0 Å². The van der Waals surface area contributed by atoms with Crippen molar-refractivity contribution in [3.05, 3.63) is 66.7 Å². The summed E-state index contributed by atoms with van der Waals surface area (Å²) in [6, 6.07) is 17.8. The van der Waals surface area contributed by atoms with Crippen LogP contribution < -0.4 is 5.32 Å². The maximum absolute atomic E-state index is 12.2. The predicted molar refractivity (Wildman–Crippen MR) is 105 cm³/mol. The molecule has 0 atom stereocenters. The highest BCUT2D eigenvalue weighted by molar-refractivity contribution is 5.95. The number of rotatable bonds is 9. The first-order chi connectivity index (χ1) is 12.6. The third-order valence-corrected chi connectivity index (χ3v) is 3.92. The second-order valence-electron chi connectivity index (χ2n) is 6.19. The molecule has 1 amide bonds. The molecule has 0 saturated heterocycles. The van der Waals surface area contributed by atoms with E-state index >= 15 is 0 Å². The Morgan fingerprint density at radius 1 is 0.962 bits per heavy atom. The van der Waals surface area contributed by atoms with Crippen molar-refractivity contribution in [3.8, 4) is 11.1 Å². The smallest absolute Gasteiger partial charge is 0.333 e. The summed E-state index contributed by atoms with van der Waals surface area (Å²) in [6.07, 6.45) is 2.77. The van der Waals surface area contributed by atoms with Crippen LogP contribution in [0.4, 0.5) is 5.69 Å². The number of benzene rings is 2. The summed E-state index contributed by atoms with van der Waals surface area (Å²) in [6.45, 7) is 5.52. The van der Waals surface area contributed by atoms with Gasteiger partial charge in [-0.2, -0.15) is 0 Å². The molecule has 26 heavy (non-hydrogen) atoms. The van der Waals surface area contributed by atoms with Crippen LogP contribution in [0.1, 0.15) is 32.6 Å². The number of hydrogen-bond acceptors (Lipinski definition) is 3. The average molecular weight is 351 g/mol. The molecule has 0 spiro atoms. The minimum absolute atomic E-state index is 0.00712. The Morgan fingerprint density at radius 3 is 2.38 bits per heavy atom. The summed E-state index contributed by atoms with van der Waals surface area (Å²) in [5.41, 5.74) is 3.30. The van der Waals surface area contributed by atoms with Crippen LogP contribution >= 0.6 is 0 Å². The molecule has 0 aromatic heterocycles. The van der Waals surface area contributed by atoms with Crippen molar-refractivity contribution in [2.24, 2.45) is 0 Å². The third kappa shape index (κ3) is 6.20. The second kappa shape index (κ2) is 10.2. The van der Waals surface area contributed by atoms with E-state index in [-0.39, 0.29) is 11.9 Å². The molecular weight excluding hydrogens is 326 g/mol. The van der Waals surface area contributed by atoms with Crippen molar-refractivity contribution in [2.45, 2.75) is 32.6 Å². The zero-order valence-corrected chi connectivity index (χ0v) is 15.2. The lowest BCUT2D eigenvalue weighted by Crippen LogP contribution is -2.12. The Labute approximate surface area is 154 Å². The van der Waals surface area contributed by atoms with Crippen molar-refractivity contribution in [1.82, 2.24) is 0 Å². The van der Waals surface area contributed by atoms with Crippen LogP contribution in [0.5, 0.6) is 0 Å². The lowest BCUT2D eigenvalue weighted by Gasteiger charge is -2.11. The minimum Gasteiger partial charge on any atom is -0.462 e. The van der Waals surface area contributed by atoms with E-state index in [0.717, 1.165) is 36.1 Å². The number of para-hydroxylation sites is 1. The van der Waals surface area contributed by atoms with Gasteiger partial charge in [0.05, 0.1) is 6.61 Å². The number of hydrogen-bond donors (Lipinski definition) is 1. The summed E-state index contributed by atoms with van der Waals surface area (Å²) in [7, 11) is 0. The number of carbonyl (C=O) groups is 2. The van der Waals surface area contributed by atoms with E-state index in [0.29, 0.717) is 18.6 Å². The molecule has 0 radical (unpaired) electrons.